The molecular weight excluding hydrogens is 248 g/mol. The fraction of sp³-hybridized carbons (Fsp3) is 0.462. The fourth-order valence-electron chi connectivity index (χ4n) is 1.66. The Bertz CT molecular complexity index is 410. The van der Waals surface area contributed by atoms with E-state index in [1.165, 1.54) is 0 Å². The van der Waals surface area contributed by atoms with Gasteiger partial charge in [0.05, 0.1) is 21.3 Å². The minimum atomic E-state index is -0.0868. The van der Waals surface area contributed by atoms with Gasteiger partial charge in [-0.15, -0.1) is 0 Å². The maximum absolute atomic E-state index is 11.4. The first-order valence-corrected chi connectivity index (χ1v) is 5.91. The average Bonchev–Trinajstić information content (AvgIpc) is 2.44. The molecule has 1 amide bonds. The summed E-state index contributed by atoms with van der Waals surface area (Å²) < 4.78 is 15.7. The van der Waals surface area contributed by atoms with Gasteiger partial charge in [-0.1, -0.05) is 0 Å². The Kier molecular flexibility index (Phi) is 5.95. The van der Waals surface area contributed by atoms with E-state index in [9.17, 15) is 4.79 Å². The fourth-order valence-corrected chi connectivity index (χ4v) is 1.66. The van der Waals surface area contributed by atoms with Crippen molar-refractivity contribution in [2.24, 2.45) is 5.73 Å². The lowest BCUT2D eigenvalue weighted by Crippen LogP contribution is -2.25. The first kappa shape index (κ1) is 15.1. The highest BCUT2D eigenvalue weighted by Gasteiger charge is 2.13. The Hall–Kier alpha value is -1.95. The molecule has 0 aromatic heterocycles. The molecule has 0 unspecified atom stereocenters. The molecule has 0 saturated heterocycles. The highest BCUT2D eigenvalue weighted by Crippen LogP contribution is 2.38. The van der Waals surface area contributed by atoms with Crippen molar-refractivity contribution in [2.45, 2.75) is 13.0 Å². The van der Waals surface area contributed by atoms with Crippen molar-refractivity contribution in [3.63, 3.8) is 0 Å². The van der Waals surface area contributed by atoms with Gasteiger partial charge >= 0.3 is 0 Å². The second-order valence-electron chi connectivity index (χ2n) is 3.85. The quantitative estimate of drug-likeness (QED) is 0.759. The van der Waals surface area contributed by atoms with Crippen LogP contribution in [0.25, 0.3) is 0 Å². The molecule has 0 fully saturated rings. The van der Waals surface area contributed by atoms with Gasteiger partial charge in [0.15, 0.2) is 11.5 Å². The number of carbonyl (C=O) groups excluding carboxylic acids is 1. The number of hydrogen-bond donors (Lipinski definition) is 2. The Morgan fingerprint density at radius 3 is 2.16 bits per heavy atom. The van der Waals surface area contributed by atoms with E-state index in [1.54, 1.807) is 33.5 Å². The van der Waals surface area contributed by atoms with Gasteiger partial charge in [-0.05, 0) is 17.7 Å². The normalized spacial score (nSPS) is 9.89. The molecule has 3 N–H and O–H groups in total. The zero-order valence-electron chi connectivity index (χ0n) is 11.5. The zero-order valence-corrected chi connectivity index (χ0v) is 11.5. The first-order chi connectivity index (χ1) is 9.15. The second kappa shape index (κ2) is 7.48. The van der Waals surface area contributed by atoms with Crippen LogP contribution in [0.2, 0.25) is 0 Å². The van der Waals surface area contributed by atoms with E-state index < -0.39 is 0 Å². The van der Waals surface area contributed by atoms with Crippen LogP contribution in [-0.4, -0.2) is 33.8 Å². The summed E-state index contributed by atoms with van der Waals surface area (Å²) in [6, 6.07) is 3.59. The largest absolute Gasteiger partial charge is 0.493 e. The third kappa shape index (κ3) is 4.03. The van der Waals surface area contributed by atoms with E-state index >= 15 is 0 Å². The number of benzene rings is 1. The standard InChI is InChI=1S/C13H20N2O4/c1-17-10-6-9(8-15-12(16)4-5-14)7-11(18-2)13(10)19-3/h6-7H,4-5,8,14H2,1-3H3,(H,15,16). The molecule has 1 aromatic carbocycles. The van der Waals surface area contributed by atoms with E-state index in [4.69, 9.17) is 19.9 Å². The first-order valence-electron chi connectivity index (χ1n) is 5.91. The van der Waals surface area contributed by atoms with Crippen LogP contribution in [0.4, 0.5) is 0 Å². The van der Waals surface area contributed by atoms with Crippen molar-refractivity contribution < 1.29 is 19.0 Å². The van der Waals surface area contributed by atoms with E-state index in [-0.39, 0.29) is 5.91 Å². The predicted octanol–water partition coefficient (Wildman–Crippen LogP) is 0.677. The molecule has 0 aliphatic carbocycles. The molecule has 0 radical (unpaired) electrons. The molecule has 0 aliphatic rings. The Morgan fingerprint density at radius 1 is 1.16 bits per heavy atom. The number of hydrogen-bond acceptors (Lipinski definition) is 5. The third-order valence-electron chi connectivity index (χ3n) is 2.59. The molecule has 0 bridgehead atoms. The van der Waals surface area contributed by atoms with Gasteiger partial charge in [0.25, 0.3) is 0 Å². The van der Waals surface area contributed by atoms with E-state index in [0.29, 0.717) is 36.8 Å². The third-order valence-corrected chi connectivity index (χ3v) is 2.59. The summed E-state index contributed by atoms with van der Waals surface area (Å²) in [6.45, 7) is 0.719. The van der Waals surface area contributed by atoms with Gasteiger partial charge in [0.1, 0.15) is 0 Å². The van der Waals surface area contributed by atoms with Crippen LogP contribution in [0, 0.1) is 0 Å². The molecule has 6 heteroatoms. The predicted molar refractivity (Wildman–Crippen MR) is 71.6 cm³/mol. The zero-order chi connectivity index (χ0) is 14.3. The minimum Gasteiger partial charge on any atom is -0.493 e. The summed E-state index contributed by atoms with van der Waals surface area (Å²) in [6.07, 6.45) is 0.310. The monoisotopic (exact) mass is 268 g/mol. The number of nitrogens with one attached hydrogen (secondary N) is 1. The van der Waals surface area contributed by atoms with Crippen molar-refractivity contribution in [1.82, 2.24) is 5.32 Å². The summed E-state index contributed by atoms with van der Waals surface area (Å²) in [5.74, 6) is 1.56. The highest BCUT2D eigenvalue weighted by molar-refractivity contribution is 5.76. The van der Waals surface area contributed by atoms with Crippen molar-refractivity contribution in [2.75, 3.05) is 27.9 Å². The maximum Gasteiger partial charge on any atom is 0.221 e. The molecule has 19 heavy (non-hydrogen) atoms. The van der Waals surface area contributed by atoms with E-state index in [1.807, 2.05) is 0 Å². The van der Waals surface area contributed by atoms with E-state index in [2.05, 4.69) is 5.32 Å². The molecule has 0 heterocycles. The van der Waals surface area contributed by atoms with Gasteiger partial charge in [0, 0.05) is 19.5 Å². The molecule has 1 rings (SSSR count). The molecule has 6 nitrogen and oxygen atoms in total. The number of rotatable bonds is 7. The topological polar surface area (TPSA) is 82.8 Å². The molecule has 1 aromatic rings. The number of nitrogens with two attached hydrogens (primary N) is 1. The van der Waals surface area contributed by atoms with Crippen LogP contribution in [-0.2, 0) is 11.3 Å². The number of carbonyl (C=O) groups is 1. The van der Waals surface area contributed by atoms with Gasteiger partial charge in [-0.25, -0.2) is 0 Å². The molecular formula is C13H20N2O4. The van der Waals surface area contributed by atoms with E-state index in [0.717, 1.165) is 5.56 Å². The lowest BCUT2D eigenvalue weighted by molar-refractivity contribution is -0.121. The van der Waals surface area contributed by atoms with Gasteiger partial charge < -0.3 is 25.3 Å². The Labute approximate surface area is 112 Å². The van der Waals surface area contributed by atoms with Crippen LogP contribution in [0.3, 0.4) is 0 Å². The van der Waals surface area contributed by atoms with Crippen molar-refractivity contribution in [1.29, 1.82) is 0 Å². The lowest BCUT2D eigenvalue weighted by atomic mass is 10.1. The molecule has 0 atom stereocenters. The summed E-state index contributed by atoms with van der Waals surface area (Å²) in [5, 5.41) is 2.77. The Morgan fingerprint density at radius 2 is 1.74 bits per heavy atom. The summed E-state index contributed by atoms with van der Waals surface area (Å²) >= 11 is 0. The van der Waals surface area contributed by atoms with Gasteiger partial charge in [0.2, 0.25) is 11.7 Å². The van der Waals surface area contributed by atoms with Crippen molar-refractivity contribution in [3.05, 3.63) is 17.7 Å². The van der Waals surface area contributed by atoms with Crippen LogP contribution < -0.4 is 25.3 Å². The summed E-state index contributed by atoms with van der Waals surface area (Å²) in [5.41, 5.74) is 6.17. The summed E-state index contributed by atoms with van der Waals surface area (Å²) in [7, 11) is 4.64. The number of amides is 1. The molecule has 0 spiro atoms. The van der Waals surface area contributed by atoms with Crippen LogP contribution in [0.15, 0.2) is 12.1 Å². The maximum atomic E-state index is 11.4. The molecule has 106 valence electrons. The lowest BCUT2D eigenvalue weighted by Gasteiger charge is -2.14. The number of methoxy groups -OCH3 is 3. The van der Waals surface area contributed by atoms with Crippen molar-refractivity contribution >= 4 is 5.91 Å². The SMILES string of the molecule is COc1cc(CNC(=O)CCN)cc(OC)c1OC. The summed E-state index contributed by atoms with van der Waals surface area (Å²) in [4.78, 5) is 11.4. The second-order valence-corrected chi connectivity index (χ2v) is 3.85. The van der Waals surface area contributed by atoms with Crippen LogP contribution in [0.1, 0.15) is 12.0 Å². The molecule has 0 saturated carbocycles. The minimum absolute atomic E-state index is 0.0868. The van der Waals surface area contributed by atoms with Gasteiger partial charge in [-0.3, -0.25) is 4.79 Å². The van der Waals surface area contributed by atoms with Crippen LogP contribution in [0.5, 0.6) is 17.2 Å². The van der Waals surface area contributed by atoms with Crippen molar-refractivity contribution in [3.8, 4) is 17.2 Å². The highest BCUT2D eigenvalue weighted by atomic mass is 16.5. The smallest absolute Gasteiger partial charge is 0.221 e. The van der Waals surface area contributed by atoms with Gasteiger partial charge in [-0.2, -0.15) is 0 Å². The van der Waals surface area contributed by atoms with Crippen LogP contribution >= 0.6 is 0 Å². The average molecular weight is 268 g/mol. The Balaban J connectivity index is 2.87. The number of ether oxygens (including phenoxy) is 3. The molecule has 0 aliphatic heterocycles.